The highest BCUT2D eigenvalue weighted by Gasteiger charge is 2.12. The van der Waals surface area contributed by atoms with E-state index in [-0.39, 0.29) is 0 Å². The van der Waals surface area contributed by atoms with E-state index < -0.39 is 0 Å². The largest absolute Gasteiger partial charge is 0.383 e. The zero-order chi connectivity index (χ0) is 12.2. The van der Waals surface area contributed by atoms with Crippen LogP contribution in [0.4, 0.5) is 5.69 Å². The van der Waals surface area contributed by atoms with E-state index in [0.29, 0.717) is 6.04 Å². The number of hydrogen-bond donors (Lipinski definition) is 2. The molecule has 0 bridgehead atoms. The van der Waals surface area contributed by atoms with Crippen molar-refractivity contribution < 1.29 is 0 Å². The fraction of sp³-hybridized carbons (Fsp3) is 0.385. The van der Waals surface area contributed by atoms with Crippen molar-refractivity contribution in [3.05, 3.63) is 36.9 Å². The number of rotatable bonds is 4. The molecule has 0 aliphatic carbocycles. The first-order valence-electron chi connectivity index (χ1n) is 6.34. The molecule has 0 amide bonds. The third-order valence-corrected chi connectivity index (χ3v) is 3.27. The minimum Gasteiger partial charge on any atom is -0.383 e. The van der Waals surface area contributed by atoms with Crippen molar-refractivity contribution in [3.63, 3.8) is 0 Å². The normalized spacial score (nSPS) is 19.0. The lowest BCUT2D eigenvalue weighted by molar-refractivity contribution is 0.633. The molecule has 1 unspecified atom stereocenters. The van der Waals surface area contributed by atoms with Gasteiger partial charge in [0, 0.05) is 18.3 Å². The average molecular weight is 243 g/mol. The Morgan fingerprint density at radius 3 is 2.89 bits per heavy atom. The Balaban J connectivity index is 1.60. The predicted octanol–water partition coefficient (Wildman–Crippen LogP) is 1.43. The third-order valence-electron chi connectivity index (χ3n) is 3.27. The number of hydrogen-bond acceptors (Lipinski definition) is 4. The summed E-state index contributed by atoms with van der Waals surface area (Å²) in [5.41, 5.74) is 2.17. The zero-order valence-electron chi connectivity index (χ0n) is 10.2. The maximum Gasteiger partial charge on any atom is 0.138 e. The average Bonchev–Trinajstić information content (AvgIpc) is 3.10. The summed E-state index contributed by atoms with van der Waals surface area (Å²) in [6.07, 6.45) is 5.80. The summed E-state index contributed by atoms with van der Waals surface area (Å²) in [5.74, 6) is 0. The molecule has 1 fully saturated rings. The first kappa shape index (κ1) is 11.2. The Morgan fingerprint density at radius 1 is 1.33 bits per heavy atom. The van der Waals surface area contributed by atoms with Crippen molar-refractivity contribution in [1.29, 1.82) is 0 Å². The van der Waals surface area contributed by atoms with Gasteiger partial charge in [-0.25, -0.2) is 9.67 Å². The van der Waals surface area contributed by atoms with Gasteiger partial charge in [0.25, 0.3) is 0 Å². The molecule has 1 aromatic carbocycles. The molecule has 5 nitrogen and oxygen atoms in total. The Bertz CT molecular complexity index is 471. The lowest BCUT2D eigenvalue weighted by Gasteiger charge is -2.12. The summed E-state index contributed by atoms with van der Waals surface area (Å²) >= 11 is 0. The molecule has 1 atom stereocenters. The second-order valence-electron chi connectivity index (χ2n) is 4.56. The smallest absolute Gasteiger partial charge is 0.138 e. The molecular weight excluding hydrogens is 226 g/mol. The maximum atomic E-state index is 4.10. The molecule has 0 saturated carbocycles. The van der Waals surface area contributed by atoms with Crippen molar-refractivity contribution in [2.45, 2.75) is 18.9 Å². The van der Waals surface area contributed by atoms with Gasteiger partial charge in [-0.05, 0) is 43.7 Å². The van der Waals surface area contributed by atoms with E-state index in [0.717, 1.165) is 24.5 Å². The lowest BCUT2D eigenvalue weighted by atomic mass is 10.2. The van der Waals surface area contributed by atoms with Gasteiger partial charge in [-0.3, -0.25) is 0 Å². The highest BCUT2D eigenvalue weighted by Crippen LogP contribution is 2.13. The number of nitrogens with zero attached hydrogens (tertiary/aromatic N) is 3. The van der Waals surface area contributed by atoms with Crippen molar-refractivity contribution >= 4 is 5.69 Å². The summed E-state index contributed by atoms with van der Waals surface area (Å²) < 4.78 is 1.75. The lowest BCUT2D eigenvalue weighted by Crippen LogP contribution is -2.29. The maximum absolute atomic E-state index is 4.10. The van der Waals surface area contributed by atoms with Gasteiger partial charge >= 0.3 is 0 Å². The standard InChI is InChI=1S/C13H17N5/c1-2-12(15-7-1)8-16-11-3-5-13(6-4-11)18-10-14-9-17-18/h3-6,9-10,12,15-16H,1-2,7-8H2. The summed E-state index contributed by atoms with van der Waals surface area (Å²) in [6, 6.07) is 8.84. The fourth-order valence-corrected chi connectivity index (χ4v) is 2.25. The van der Waals surface area contributed by atoms with Crippen LogP contribution in [0.3, 0.4) is 0 Å². The molecule has 94 valence electrons. The number of anilines is 1. The monoisotopic (exact) mass is 243 g/mol. The Kier molecular flexibility index (Phi) is 3.23. The van der Waals surface area contributed by atoms with Crippen molar-refractivity contribution in [1.82, 2.24) is 20.1 Å². The van der Waals surface area contributed by atoms with E-state index >= 15 is 0 Å². The molecule has 2 N–H and O–H groups in total. The molecule has 3 rings (SSSR count). The van der Waals surface area contributed by atoms with Crippen molar-refractivity contribution in [2.24, 2.45) is 0 Å². The summed E-state index contributed by atoms with van der Waals surface area (Å²) in [6.45, 7) is 2.14. The van der Waals surface area contributed by atoms with Crippen molar-refractivity contribution in [3.8, 4) is 5.69 Å². The van der Waals surface area contributed by atoms with Gasteiger partial charge in [0.1, 0.15) is 12.7 Å². The molecule has 1 aromatic heterocycles. The van der Waals surface area contributed by atoms with Crippen LogP contribution in [-0.2, 0) is 0 Å². The van der Waals surface area contributed by atoms with E-state index in [2.05, 4.69) is 32.8 Å². The van der Waals surface area contributed by atoms with E-state index in [9.17, 15) is 0 Å². The first-order valence-corrected chi connectivity index (χ1v) is 6.34. The van der Waals surface area contributed by atoms with Crippen LogP contribution in [0.2, 0.25) is 0 Å². The zero-order valence-corrected chi connectivity index (χ0v) is 10.2. The highest BCUT2D eigenvalue weighted by atomic mass is 15.3. The number of aromatic nitrogens is 3. The van der Waals surface area contributed by atoms with Crippen LogP contribution in [0.1, 0.15) is 12.8 Å². The summed E-state index contributed by atoms with van der Waals surface area (Å²) in [4.78, 5) is 3.94. The van der Waals surface area contributed by atoms with Gasteiger partial charge in [-0.1, -0.05) is 0 Å². The van der Waals surface area contributed by atoms with Gasteiger partial charge in [-0.15, -0.1) is 0 Å². The minimum atomic E-state index is 0.611. The fourth-order valence-electron chi connectivity index (χ4n) is 2.25. The predicted molar refractivity (Wildman–Crippen MR) is 70.9 cm³/mol. The van der Waals surface area contributed by atoms with Gasteiger partial charge in [-0.2, -0.15) is 5.10 Å². The van der Waals surface area contributed by atoms with E-state index in [1.54, 1.807) is 11.0 Å². The van der Waals surface area contributed by atoms with E-state index in [1.165, 1.54) is 19.2 Å². The van der Waals surface area contributed by atoms with Crippen LogP contribution in [0, 0.1) is 0 Å². The quantitative estimate of drug-likeness (QED) is 0.853. The second-order valence-corrected chi connectivity index (χ2v) is 4.56. The van der Waals surface area contributed by atoms with E-state index in [4.69, 9.17) is 0 Å². The molecular formula is C13H17N5. The van der Waals surface area contributed by atoms with Crippen molar-refractivity contribution in [2.75, 3.05) is 18.4 Å². The first-order chi connectivity index (χ1) is 8.92. The topological polar surface area (TPSA) is 54.8 Å². The molecule has 5 heteroatoms. The van der Waals surface area contributed by atoms with Crippen LogP contribution < -0.4 is 10.6 Å². The number of nitrogens with one attached hydrogen (secondary N) is 2. The van der Waals surface area contributed by atoms with E-state index in [1.807, 2.05) is 12.1 Å². The van der Waals surface area contributed by atoms with Gasteiger partial charge in [0.15, 0.2) is 0 Å². The molecule has 2 aromatic rings. The molecule has 18 heavy (non-hydrogen) atoms. The highest BCUT2D eigenvalue weighted by molar-refractivity contribution is 5.48. The molecule has 1 aliphatic rings. The van der Waals surface area contributed by atoms with Crippen LogP contribution in [0.5, 0.6) is 0 Å². The van der Waals surface area contributed by atoms with Crippen LogP contribution >= 0.6 is 0 Å². The summed E-state index contributed by atoms with van der Waals surface area (Å²) in [7, 11) is 0. The van der Waals surface area contributed by atoms with Crippen LogP contribution in [0.25, 0.3) is 5.69 Å². The summed E-state index contributed by atoms with van der Waals surface area (Å²) in [5, 5.41) is 11.0. The Morgan fingerprint density at radius 2 is 2.22 bits per heavy atom. The molecule has 0 spiro atoms. The van der Waals surface area contributed by atoms with Gasteiger partial charge in [0.05, 0.1) is 5.69 Å². The molecule has 2 heterocycles. The third kappa shape index (κ3) is 2.51. The molecule has 1 saturated heterocycles. The number of benzene rings is 1. The second kappa shape index (κ2) is 5.18. The SMILES string of the molecule is c1ncn(-c2ccc(NCC3CCCN3)cc2)n1. The van der Waals surface area contributed by atoms with Crippen LogP contribution in [-0.4, -0.2) is 33.9 Å². The Labute approximate surface area is 106 Å². The molecule has 0 radical (unpaired) electrons. The minimum absolute atomic E-state index is 0.611. The van der Waals surface area contributed by atoms with Crippen LogP contribution in [0.15, 0.2) is 36.9 Å². The Hall–Kier alpha value is -1.88. The van der Waals surface area contributed by atoms with Gasteiger partial charge in [0.2, 0.25) is 0 Å². The molecule has 1 aliphatic heterocycles. The van der Waals surface area contributed by atoms with Gasteiger partial charge < -0.3 is 10.6 Å².